The maximum absolute atomic E-state index is 5.44. The number of nitrogens with one attached hydrogen (secondary N) is 1. The highest BCUT2D eigenvalue weighted by molar-refractivity contribution is 6.65. The molecule has 96 valence electrons. The number of hydrogen-bond donors (Lipinski definition) is 1. The van der Waals surface area contributed by atoms with Crippen LogP contribution < -0.4 is 5.32 Å². The lowest BCUT2D eigenvalue weighted by atomic mass is 10.2. The first-order valence-corrected chi connectivity index (χ1v) is 8.57. The van der Waals surface area contributed by atoms with Gasteiger partial charge in [0.25, 0.3) is 0 Å². The third kappa shape index (κ3) is 5.45. The van der Waals surface area contributed by atoms with E-state index < -0.39 is 8.56 Å². The maximum atomic E-state index is 5.44. The van der Waals surface area contributed by atoms with Crippen LogP contribution in [-0.4, -0.2) is 29.3 Å². The van der Waals surface area contributed by atoms with Crippen molar-refractivity contribution >= 4 is 8.56 Å². The third-order valence-corrected chi connectivity index (χ3v) is 6.01. The minimum Gasteiger partial charge on any atom is -0.398 e. The summed E-state index contributed by atoms with van der Waals surface area (Å²) >= 11 is 0. The lowest BCUT2D eigenvalue weighted by Gasteiger charge is -2.22. The molecule has 0 aromatic heterocycles. The van der Waals surface area contributed by atoms with Gasteiger partial charge in [-0.2, -0.15) is 0 Å². The second-order valence-corrected chi connectivity index (χ2v) is 7.89. The van der Waals surface area contributed by atoms with Gasteiger partial charge in [-0.05, 0) is 31.1 Å². The lowest BCUT2D eigenvalue weighted by Crippen LogP contribution is -2.36. The molecule has 0 radical (unpaired) electrons. The van der Waals surface area contributed by atoms with Gasteiger partial charge in [0, 0.05) is 20.8 Å². The van der Waals surface area contributed by atoms with Crippen molar-refractivity contribution in [2.45, 2.75) is 25.6 Å². The molecule has 0 atom stereocenters. The molecule has 0 saturated heterocycles. The molecule has 1 aromatic carbocycles. The lowest BCUT2D eigenvalue weighted by molar-refractivity contribution is 0.248. The highest BCUT2D eigenvalue weighted by Gasteiger charge is 2.27. The summed E-state index contributed by atoms with van der Waals surface area (Å²) in [5.41, 5.74) is 1.32. The summed E-state index contributed by atoms with van der Waals surface area (Å²) in [7, 11) is 1.62. The Hall–Kier alpha value is -0.683. The Morgan fingerprint density at radius 3 is 2.35 bits per heavy atom. The smallest absolute Gasteiger partial charge is 0.334 e. The van der Waals surface area contributed by atoms with Crippen LogP contribution >= 0.6 is 0 Å². The van der Waals surface area contributed by atoms with E-state index >= 15 is 0 Å². The van der Waals surface area contributed by atoms with Gasteiger partial charge in [-0.3, -0.25) is 0 Å². The predicted octanol–water partition coefficient (Wildman–Crippen LogP) is 2.53. The Kier molecular flexibility index (Phi) is 6.43. The molecule has 3 nitrogen and oxygen atoms in total. The molecule has 0 aliphatic rings. The van der Waals surface area contributed by atoms with Crippen LogP contribution in [0.2, 0.25) is 12.6 Å². The van der Waals surface area contributed by atoms with E-state index in [2.05, 4.69) is 36.1 Å². The molecule has 1 N–H and O–H groups in total. The summed E-state index contributed by atoms with van der Waals surface area (Å²) < 4.78 is 10.9. The molecule has 4 heteroatoms. The number of benzene rings is 1. The van der Waals surface area contributed by atoms with E-state index in [1.165, 1.54) is 5.56 Å². The number of hydrogen-bond acceptors (Lipinski definition) is 3. The van der Waals surface area contributed by atoms with E-state index in [0.717, 1.165) is 25.6 Å². The van der Waals surface area contributed by atoms with Crippen molar-refractivity contribution < 1.29 is 8.85 Å². The van der Waals surface area contributed by atoms with E-state index in [0.29, 0.717) is 0 Å². The molecule has 0 aliphatic heterocycles. The first-order chi connectivity index (χ1) is 8.20. The van der Waals surface area contributed by atoms with Crippen LogP contribution in [0.1, 0.15) is 12.0 Å². The first kappa shape index (κ1) is 14.4. The minimum atomic E-state index is -1.87. The van der Waals surface area contributed by atoms with Crippen molar-refractivity contribution in [3.8, 4) is 0 Å². The predicted molar refractivity (Wildman–Crippen MR) is 73.2 cm³/mol. The van der Waals surface area contributed by atoms with Crippen molar-refractivity contribution in [3.05, 3.63) is 35.9 Å². The molecule has 1 rings (SSSR count). The van der Waals surface area contributed by atoms with E-state index in [1.54, 1.807) is 14.2 Å². The SMILES string of the molecule is CO[Si](C)(CCCNCc1ccccc1)OC. The summed E-state index contributed by atoms with van der Waals surface area (Å²) in [5.74, 6) is 0. The van der Waals surface area contributed by atoms with Crippen molar-refractivity contribution in [2.75, 3.05) is 20.8 Å². The summed E-state index contributed by atoms with van der Waals surface area (Å²) in [5, 5.41) is 3.43. The molecule has 0 unspecified atom stereocenters. The van der Waals surface area contributed by atoms with Crippen LogP contribution in [0.4, 0.5) is 0 Å². The second kappa shape index (κ2) is 7.61. The van der Waals surface area contributed by atoms with Crippen LogP contribution in [0.25, 0.3) is 0 Å². The fourth-order valence-corrected chi connectivity index (χ4v) is 3.04. The van der Waals surface area contributed by atoms with Crippen molar-refractivity contribution in [1.82, 2.24) is 5.32 Å². The molecule has 0 spiro atoms. The van der Waals surface area contributed by atoms with Crippen molar-refractivity contribution in [2.24, 2.45) is 0 Å². The highest BCUT2D eigenvalue weighted by atomic mass is 28.4. The topological polar surface area (TPSA) is 30.5 Å². The van der Waals surface area contributed by atoms with E-state index in [1.807, 2.05) is 6.07 Å². The van der Waals surface area contributed by atoms with Crippen LogP contribution in [0, 0.1) is 0 Å². The molecule has 0 amide bonds. The molecule has 17 heavy (non-hydrogen) atoms. The average molecular weight is 253 g/mol. The summed E-state index contributed by atoms with van der Waals surface area (Å²) in [4.78, 5) is 0. The highest BCUT2D eigenvalue weighted by Crippen LogP contribution is 2.12. The van der Waals surface area contributed by atoms with Gasteiger partial charge < -0.3 is 14.2 Å². The Labute approximate surface area is 105 Å². The Morgan fingerprint density at radius 2 is 1.76 bits per heavy atom. The zero-order valence-corrected chi connectivity index (χ0v) is 12.0. The zero-order chi connectivity index (χ0) is 12.6. The van der Waals surface area contributed by atoms with Crippen LogP contribution in [0.5, 0.6) is 0 Å². The number of rotatable bonds is 8. The van der Waals surface area contributed by atoms with Crippen LogP contribution in [-0.2, 0) is 15.4 Å². The fraction of sp³-hybridized carbons (Fsp3) is 0.538. The van der Waals surface area contributed by atoms with Gasteiger partial charge in [-0.1, -0.05) is 30.3 Å². The van der Waals surface area contributed by atoms with Crippen LogP contribution in [0.15, 0.2) is 30.3 Å². The van der Waals surface area contributed by atoms with Crippen LogP contribution in [0.3, 0.4) is 0 Å². The quantitative estimate of drug-likeness (QED) is 0.570. The third-order valence-electron chi connectivity index (χ3n) is 3.02. The maximum Gasteiger partial charge on any atom is 0.334 e. The summed E-state index contributed by atoms with van der Waals surface area (Å²) in [6.07, 6.45) is 1.09. The molecular weight excluding hydrogens is 230 g/mol. The first-order valence-electron chi connectivity index (χ1n) is 6.05. The van der Waals surface area contributed by atoms with Gasteiger partial charge in [0.2, 0.25) is 0 Å². The summed E-state index contributed by atoms with van der Waals surface area (Å²) in [6.45, 7) is 4.04. The Bertz CT molecular complexity index is 302. The van der Waals surface area contributed by atoms with Gasteiger partial charge in [-0.25, -0.2) is 0 Å². The molecular formula is C13H23NO2Si. The van der Waals surface area contributed by atoms with Crippen molar-refractivity contribution in [1.29, 1.82) is 0 Å². The molecule has 0 saturated carbocycles. The zero-order valence-electron chi connectivity index (χ0n) is 11.0. The normalized spacial score (nSPS) is 11.7. The van der Waals surface area contributed by atoms with Gasteiger partial charge in [0.15, 0.2) is 0 Å². The standard InChI is InChI=1S/C13H23NO2Si/c1-15-17(3,16-2)11-7-10-14-12-13-8-5-4-6-9-13/h4-6,8-9,14H,7,10-12H2,1-3H3. The monoisotopic (exact) mass is 253 g/mol. The molecule has 0 aliphatic carbocycles. The molecule has 1 aromatic rings. The van der Waals surface area contributed by atoms with Gasteiger partial charge in [-0.15, -0.1) is 0 Å². The molecule has 0 bridgehead atoms. The van der Waals surface area contributed by atoms with Crippen molar-refractivity contribution in [3.63, 3.8) is 0 Å². The van der Waals surface area contributed by atoms with E-state index in [-0.39, 0.29) is 0 Å². The van der Waals surface area contributed by atoms with Gasteiger partial charge in [0.1, 0.15) is 0 Å². The fourth-order valence-electron chi connectivity index (χ4n) is 1.65. The largest absolute Gasteiger partial charge is 0.398 e. The molecule has 0 fully saturated rings. The van der Waals surface area contributed by atoms with E-state index in [4.69, 9.17) is 8.85 Å². The second-order valence-electron chi connectivity index (χ2n) is 4.31. The Balaban J connectivity index is 2.13. The Morgan fingerprint density at radius 1 is 1.12 bits per heavy atom. The summed E-state index contributed by atoms with van der Waals surface area (Å²) in [6, 6.07) is 11.5. The van der Waals surface area contributed by atoms with Gasteiger partial charge >= 0.3 is 8.56 Å². The minimum absolute atomic E-state index is 0.930. The molecule has 0 heterocycles. The average Bonchev–Trinajstić information content (AvgIpc) is 2.39. The van der Waals surface area contributed by atoms with Gasteiger partial charge in [0.05, 0.1) is 0 Å². The van der Waals surface area contributed by atoms with E-state index in [9.17, 15) is 0 Å².